The van der Waals surface area contributed by atoms with E-state index in [1.807, 2.05) is 25.1 Å². The third-order valence-electron chi connectivity index (χ3n) is 4.38. The smallest absolute Gasteiger partial charge is 0.315 e. The minimum atomic E-state index is -0.736. The van der Waals surface area contributed by atoms with Crippen LogP contribution in [-0.2, 0) is 4.79 Å². The summed E-state index contributed by atoms with van der Waals surface area (Å²) in [5, 5.41) is 15.6. The Balaban J connectivity index is 1.85. The Hall–Kier alpha value is -1.75. The summed E-state index contributed by atoms with van der Waals surface area (Å²) in [6.45, 7) is 2.00. The summed E-state index contributed by atoms with van der Waals surface area (Å²) < 4.78 is 0. The van der Waals surface area contributed by atoms with Gasteiger partial charge in [-0.25, -0.2) is 4.79 Å². The van der Waals surface area contributed by atoms with Crippen molar-refractivity contribution in [2.24, 2.45) is 5.92 Å². The van der Waals surface area contributed by atoms with Crippen molar-refractivity contribution >= 4 is 23.6 Å². The number of carboxylic acid groups (broad SMARTS) is 1. The average molecular weight is 339 g/mol. The Kier molecular flexibility index (Phi) is 6.28. The van der Waals surface area contributed by atoms with E-state index in [9.17, 15) is 9.59 Å². The van der Waals surface area contributed by atoms with Crippen LogP contribution in [0.4, 0.5) is 4.79 Å². The van der Waals surface area contributed by atoms with Gasteiger partial charge in [0.25, 0.3) is 0 Å². The normalized spacial score (nSPS) is 22.2. The molecule has 2 amide bonds. The molecule has 1 aromatic rings. The summed E-state index contributed by atoms with van der Waals surface area (Å²) in [5.74, 6) is -1.01. The summed E-state index contributed by atoms with van der Waals surface area (Å²) in [6, 6.07) is 7.21. The largest absolute Gasteiger partial charge is 0.481 e. The average Bonchev–Trinajstić information content (AvgIpc) is 2.53. The van der Waals surface area contributed by atoms with Gasteiger partial charge >= 0.3 is 12.0 Å². The first-order chi connectivity index (χ1) is 11.0. The summed E-state index contributed by atoms with van der Waals surface area (Å²) in [6.07, 6.45) is 3.41. The van der Waals surface area contributed by atoms with Crippen molar-refractivity contribution < 1.29 is 14.7 Å². The van der Waals surface area contributed by atoms with Crippen LogP contribution in [0.1, 0.15) is 50.6 Å². The molecular weight excluding hydrogens is 316 g/mol. The molecule has 2 rings (SSSR count). The van der Waals surface area contributed by atoms with Crippen LogP contribution in [0.5, 0.6) is 0 Å². The van der Waals surface area contributed by atoms with E-state index in [1.165, 1.54) is 0 Å². The van der Waals surface area contributed by atoms with E-state index in [0.29, 0.717) is 30.7 Å². The van der Waals surface area contributed by atoms with E-state index < -0.39 is 5.97 Å². The highest BCUT2D eigenvalue weighted by Gasteiger charge is 2.27. The minimum Gasteiger partial charge on any atom is -0.481 e. The summed E-state index contributed by atoms with van der Waals surface area (Å²) >= 11 is 6.00. The lowest BCUT2D eigenvalue weighted by molar-refractivity contribution is -0.142. The lowest BCUT2D eigenvalue weighted by Gasteiger charge is -2.28. The van der Waals surface area contributed by atoms with Gasteiger partial charge < -0.3 is 15.7 Å². The van der Waals surface area contributed by atoms with Gasteiger partial charge in [0.1, 0.15) is 0 Å². The van der Waals surface area contributed by atoms with Crippen LogP contribution in [0.2, 0.25) is 5.02 Å². The Morgan fingerprint density at radius 3 is 2.57 bits per heavy atom. The molecule has 0 saturated heterocycles. The zero-order valence-electron chi connectivity index (χ0n) is 13.2. The number of rotatable bonds is 5. The molecule has 5 nitrogen and oxygen atoms in total. The molecule has 0 aliphatic heterocycles. The lowest BCUT2D eigenvalue weighted by atomic mass is 9.86. The van der Waals surface area contributed by atoms with Gasteiger partial charge in [0.2, 0.25) is 0 Å². The van der Waals surface area contributed by atoms with Crippen LogP contribution in [0.3, 0.4) is 0 Å². The van der Waals surface area contributed by atoms with Gasteiger partial charge in [-0.2, -0.15) is 0 Å². The number of amides is 2. The number of carbonyl (C=O) groups excluding carboxylic acids is 1. The molecule has 1 aliphatic rings. The minimum absolute atomic E-state index is 0.0440. The van der Waals surface area contributed by atoms with Crippen LogP contribution in [0.15, 0.2) is 24.3 Å². The van der Waals surface area contributed by atoms with E-state index in [-0.39, 0.29) is 24.0 Å². The second-order valence-electron chi connectivity index (χ2n) is 6.02. The summed E-state index contributed by atoms with van der Waals surface area (Å²) in [7, 11) is 0. The number of nitrogens with one attached hydrogen (secondary N) is 2. The lowest BCUT2D eigenvalue weighted by Crippen LogP contribution is -2.45. The third-order valence-corrected chi connectivity index (χ3v) is 4.61. The predicted molar refractivity (Wildman–Crippen MR) is 89.5 cm³/mol. The van der Waals surface area contributed by atoms with Crippen LogP contribution < -0.4 is 10.6 Å². The SMILES string of the molecule is CCC(NC(=O)NC1CCC(C(=O)O)CC1)c1cccc(Cl)c1. The maximum atomic E-state index is 12.2. The van der Waals surface area contributed by atoms with Crippen molar-refractivity contribution in [1.29, 1.82) is 0 Å². The van der Waals surface area contributed by atoms with Crippen molar-refractivity contribution in [1.82, 2.24) is 10.6 Å². The topological polar surface area (TPSA) is 78.4 Å². The van der Waals surface area contributed by atoms with E-state index in [4.69, 9.17) is 16.7 Å². The number of urea groups is 1. The number of hydrogen-bond donors (Lipinski definition) is 3. The van der Waals surface area contributed by atoms with Crippen molar-refractivity contribution in [2.75, 3.05) is 0 Å². The summed E-state index contributed by atoms with van der Waals surface area (Å²) in [4.78, 5) is 23.1. The Morgan fingerprint density at radius 1 is 1.30 bits per heavy atom. The Morgan fingerprint density at radius 2 is 2.00 bits per heavy atom. The van der Waals surface area contributed by atoms with Gasteiger partial charge in [-0.1, -0.05) is 30.7 Å². The highest BCUT2D eigenvalue weighted by Crippen LogP contribution is 2.25. The van der Waals surface area contributed by atoms with Crippen molar-refractivity contribution in [3.05, 3.63) is 34.9 Å². The number of carbonyl (C=O) groups is 2. The van der Waals surface area contributed by atoms with E-state index in [1.54, 1.807) is 6.07 Å². The van der Waals surface area contributed by atoms with Crippen molar-refractivity contribution in [3.63, 3.8) is 0 Å². The highest BCUT2D eigenvalue weighted by molar-refractivity contribution is 6.30. The molecule has 1 unspecified atom stereocenters. The number of halogens is 1. The van der Waals surface area contributed by atoms with Gasteiger partial charge in [0, 0.05) is 11.1 Å². The van der Waals surface area contributed by atoms with Crippen molar-refractivity contribution in [3.8, 4) is 0 Å². The number of carboxylic acids is 1. The fourth-order valence-electron chi connectivity index (χ4n) is 3.01. The molecule has 0 bridgehead atoms. The quantitative estimate of drug-likeness (QED) is 0.765. The molecule has 1 atom stereocenters. The number of aliphatic carboxylic acids is 1. The molecule has 1 aliphatic carbocycles. The van der Waals surface area contributed by atoms with Gasteiger partial charge in [0.05, 0.1) is 12.0 Å². The van der Waals surface area contributed by atoms with Crippen molar-refractivity contribution in [2.45, 2.75) is 51.1 Å². The first-order valence-electron chi connectivity index (χ1n) is 8.05. The second-order valence-corrected chi connectivity index (χ2v) is 6.46. The Labute approximate surface area is 141 Å². The predicted octanol–water partition coefficient (Wildman–Crippen LogP) is 3.73. The third kappa shape index (κ3) is 5.13. The Bertz CT molecular complexity index is 557. The van der Waals surface area contributed by atoms with Gasteiger partial charge in [0.15, 0.2) is 0 Å². The first kappa shape index (κ1) is 17.6. The number of benzene rings is 1. The zero-order chi connectivity index (χ0) is 16.8. The van der Waals surface area contributed by atoms with Crippen LogP contribution in [0.25, 0.3) is 0 Å². The van der Waals surface area contributed by atoms with Gasteiger partial charge in [-0.3, -0.25) is 4.79 Å². The molecule has 1 saturated carbocycles. The maximum Gasteiger partial charge on any atom is 0.315 e. The van der Waals surface area contributed by atoms with Gasteiger partial charge in [-0.05, 0) is 49.8 Å². The molecule has 0 radical (unpaired) electrons. The standard InChI is InChI=1S/C17H23ClN2O3/c1-2-15(12-4-3-5-13(18)10-12)20-17(23)19-14-8-6-11(7-9-14)16(21)22/h3-5,10-11,14-15H,2,6-9H2,1H3,(H,21,22)(H2,19,20,23). The zero-order valence-corrected chi connectivity index (χ0v) is 14.0. The fourth-order valence-corrected chi connectivity index (χ4v) is 3.21. The molecule has 126 valence electrons. The molecule has 6 heteroatoms. The maximum absolute atomic E-state index is 12.2. The molecule has 0 aromatic heterocycles. The summed E-state index contributed by atoms with van der Waals surface area (Å²) in [5.41, 5.74) is 0.977. The molecule has 3 N–H and O–H groups in total. The molecule has 23 heavy (non-hydrogen) atoms. The first-order valence-corrected chi connectivity index (χ1v) is 8.42. The second kappa shape index (κ2) is 8.20. The molecular formula is C17H23ClN2O3. The highest BCUT2D eigenvalue weighted by atomic mass is 35.5. The molecule has 0 spiro atoms. The molecule has 1 fully saturated rings. The number of hydrogen-bond acceptors (Lipinski definition) is 2. The van der Waals surface area contributed by atoms with Gasteiger partial charge in [-0.15, -0.1) is 0 Å². The fraction of sp³-hybridized carbons (Fsp3) is 0.529. The van der Waals surface area contributed by atoms with Crippen LogP contribution >= 0.6 is 11.6 Å². The van der Waals surface area contributed by atoms with Crippen LogP contribution in [0, 0.1) is 5.92 Å². The molecule has 1 aromatic carbocycles. The van der Waals surface area contributed by atoms with E-state index in [0.717, 1.165) is 12.0 Å². The molecule has 0 heterocycles. The monoisotopic (exact) mass is 338 g/mol. The van der Waals surface area contributed by atoms with E-state index in [2.05, 4.69) is 10.6 Å². The van der Waals surface area contributed by atoms with Crippen LogP contribution in [-0.4, -0.2) is 23.1 Å². The van der Waals surface area contributed by atoms with E-state index >= 15 is 0 Å².